The summed E-state index contributed by atoms with van der Waals surface area (Å²) in [6, 6.07) is 0.307. The van der Waals surface area contributed by atoms with Gasteiger partial charge in [-0.05, 0) is 19.4 Å². The van der Waals surface area contributed by atoms with Crippen LogP contribution in [0.3, 0.4) is 0 Å². The van der Waals surface area contributed by atoms with Crippen molar-refractivity contribution in [2.75, 3.05) is 13.1 Å². The van der Waals surface area contributed by atoms with Crippen molar-refractivity contribution in [2.45, 2.75) is 38.2 Å². The second-order valence-corrected chi connectivity index (χ2v) is 5.69. The summed E-state index contributed by atoms with van der Waals surface area (Å²) in [5.74, 6) is -0.133. The molecule has 1 heterocycles. The monoisotopic (exact) mass is 287 g/mol. The first kappa shape index (κ1) is 15.3. The Morgan fingerprint density at radius 3 is 2.50 bits per heavy atom. The van der Waals surface area contributed by atoms with E-state index in [1.165, 1.54) is 6.08 Å². The van der Waals surface area contributed by atoms with Gasteiger partial charge < -0.3 is 4.18 Å². The molecular weight excluding hydrogens is 271 g/mol. The predicted molar refractivity (Wildman–Crippen MR) is 60.1 cm³/mol. The molecule has 1 rings (SSSR count). The van der Waals surface area contributed by atoms with E-state index in [4.69, 9.17) is 0 Å². The molecule has 0 amide bonds. The van der Waals surface area contributed by atoms with Gasteiger partial charge in [0.2, 0.25) is 0 Å². The average molecular weight is 287 g/mol. The molecule has 0 saturated heterocycles. The summed E-state index contributed by atoms with van der Waals surface area (Å²) in [5.41, 5.74) is -5.37. The Labute approximate surface area is 105 Å². The highest BCUT2D eigenvalue weighted by Gasteiger charge is 2.48. The Hall–Kier alpha value is -0.760. The molecule has 0 aromatic rings. The fourth-order valence-electron chi connectivity index (χ4n) is 1.59. The molecule has 0 aromatic heterocycles. The van der Waals surface area contributed by atoms with Crippen molar-refractivity contribution in [2.24, 2.45) is 0 Å². The predicted octanol–water partition coefficient (Wildman–Crippen LogP) is 2.24. The third-order valence-corrected chi connectivity index (χ3v) is 3.91. The van der Waals surface area contributed by atoms with Crippen molar-refractivity contribution in [3.05, 3.63) is 11.8 Å². The molecule has 8 heteroatoms. The van der Waals surface area contributed by atoms with Crippen LogP contribution in [0.15, 0.2) is 11.8 Å². The second-order valence-electron chi connectivity index (χ2n) is 4.16. The third kappa shape index (κ3) is 3.61. The largest absolute Gasteiger partial charge is 0.534 e. The zero-order valence-corrected chi connectivity index (χ0v) is 11.0. The van der Waals surface area contributed by atoms with E-state index >= 15 is 0 Å². The zero-order valence-electron chi connectivity index (χ0n) is 10.2. The van der Waals surface area contributed by atoms with Gasteiger partial charge in [0.05, 0.1) is 0 Å². The van der Waals surface area contributed by atoms with Crippen LogP contribution in [0.25, 0.3) is 0 Å². The first-order chi connectivity index (χ1) is 8.17. The molecule has 106 valence electrons. The van der Waals surface area contributed by atoms with Gasteiger partial charge in [0.25, 0.3) is 0 Å². The highest BCUT2D eigenvalue weighted by molar-refractivity contribution is 7.87. The fourth-order valence-corrected chi connectivity index (χ4v) is 2.12. The lowest BCUT2D eigenvalue weighted by Gasteiger charge is -2.30. The van der Waals surface area contributed by atoms with Gasteiger partial charge >= 0.3 is 15.6 Å². The first-order valence-electron chi connectivity index (χ1n) is 5.61. The number of hydrogen-bond donors (Lipinski definition) is 0. The van der Waals surface area contributed by atoms with Crippen molar-refractivity contribution < 1.29 is 25.8 Å². The lowest BCUT2D eigenvalue weighted by atomic mass is 10.1. The second kappa shape index (κ2) is 5.48. The summed E-state index contributed by atoms with van der Waals surface area (Å²) >= 11 is 0. The van der Waals surface area contributed by atoms with E-state index in [0.717, 1.165) is 6.42 Å². The van der Waals surface area contributed by atoms with Crippen LogP contribution in [0.2, 0.25) is 0 Å². The van der Waals surface area contributed by atoms with Crippen LogP contribution in [0.4, 0.5) is 13.2 Å². The lowest BCUT2D eigenvalue weighted by molar-refractivity contribution is -0.0525. The highest BCUT2D eigenvalue weighted by Crippen LogP contribution is 2.28. The molecule has 0 radical (unpaired) electrons. The van der Waals surface area contributed by atoms with Crippen molar-refractivity contribution in [3.8, 4) is 0 Å². The summed E-state index contributed by atoms with van der Waals surface area (Å²) in [6.07, 6.45) is 2.48. The van der Waals surface area contributed by atoms with Crippen molar-refractivity contribution in [3.63, 3.8) is 0 Å². The van der Waals surface area contributed by atoms with Gasteiger partial charge in [0.15, 0.2) is 0 Å². The van der Waals surface area contributed by atoms with Crippen LogP contribution >= 0.6 is 0 Å². The summed E-state index contributed by atoms with van der Waals surface area (Å²) in [6.45, 7) is 4.91. The molecular formula is C10H16F3NO3S. The molecule has 0 aromatic carbocycles. The molecule has 4 nitrogen and oxygen atoms in total. The van der Waals surface area contributed by atoms with Crippen LogP contribution in [0.5, 0.6) is 0 Å². The van der Waals surface area contributed by atoms with Crippen LogP contribution < -0.4 is 0 Å². The quantitative estimate of drug-likeness (QED) is 0.587. The third-order valence-electron chi connectivity index (χ3n) is 2.91. The number of nitrogens with zero attached hydrogens (tertiary/aromatic N) is 1. The molecule has 0 saturated carbocycles. The van der Waals surface area contributed by atoms with E-state index < -0.39 is 15.6 Å². The lowest BCUT2D eigenvalue weighted by Crippen LogP contribution is -2.37. The minimum absolute atomic E-state index is 0.133. The van der Waals surface area contributed by atoms with E-state index in [2.05, 4.69) is 4.18 Å². The maximum atomic E-state index is 12.1. The molecule has 0 aliphatic carbocycles. The van der Waals surface area contributed by atoms with Gasteiger partial charge in [0, 0.05) is 25.6 Å². The summed E-state index contributed by atoms with van der Waals surface area (Å²) in [5, 5.41) is 0. The van der Waals surface area contributed by atoms with Crippen LogP contribution in [0, 0.1) is 0 Å². The van der Waals surface area contributed by atoms with Crippen LogP contribution in [-0.4, -0.2) is 38.0 Å². The topological polar surface area (TPSA) is 46.6 Å². The van der Waals surface area contributed by atoms with E-state index in [-0.39, 0.29) is 12.2 Å². The van der Waals surface area contributed by atoms with Gasteiger partial charge in [-0.3, -0.25) is 4.90 Å². The molecule has 1 unspecified atom stereocenters. The van der Waals surface area contributed by atoms with Gasteiger partial charge in [-0.25, -0.2) is 0 Å². The van der Waals surface area contributed by atoms with E-state index in [0.29, 0.717) is 19.1 Å². The summed E-state index contributed by atoms with van der Waals surface area (Å²) < 4.78 is 62.0. The minimum Gasteiger partial charge on any atom is -0.381 e. The summed E-state index contributed by atoms with van der Waals surface area (Å²) in [4.78, 5) is 2.05. The van der Waals surface area contributed by atoms with Crippen molar-refractivity contribution in [1.29, 1.82) is 0 Å². The molecule has 0 spiro atoms. The average Bonchev–Trinajstić information content (AvgIpc) is 2.27. The van der Waals surface area contributed by atoms with Gasteiger partial charge in [-0.2, -0.15) is 21.6 Å². The normalized spacial score (nSPS) is 20.4. The molecule has 0 fully saturated rings. The Balaban J connectivity index is 2.65. The molecule has 18 heavy (non-hydrogen) atoms. The maximum Gasteiger partial charge on any atom is 0.534 e. The molecule has 1 aliphatic heterocycles. The number of hydrogen-bond acceptors (Lipinski definition) is 4. The maximum absolute atomic E-state index is 12.1. The zero-order chi connectivity index (χ0) is 14.0. The Morgan fingerprint density at radius 2 is 2.11 bits per heavy atom. The minimum atomic E-state index is -5.53. The smallest absolute Gasteiger partial charge is 0.381 e. The van der Waals surface area contributed by atoms with Crippen LogP contribution in [-0.2, 0) is 14.3 Å². The fraction of sp³-hybridized carbons (Fsp3) is 0.800. The molecule has 1 aliphatic rings. The Morgan fingerprint density at radius 1 is 1.50 bits per heavy atom. The Kier molecular flexibility index (Phi) is 4.66. The van der Waals surface area contributed by atoms with Gasteiger partial charge in [-0.1, -0.05) is 6.92 Å². The molecule has 1 atom stereocenters. The summed E-state index contributed by atoms with van der Waals surface area (Å²) in [7, 11) is -5.53. The number of alkyl halides is 3. The van der Waals surface area contributed by atoms with Gasteiger partial charge in [-0.15, -0.1) is 0 Å². The number of halogens is 3. The number of rotatable bonds is 4. The Bertz CT molecular complexity index is 417. The van der Waals surface area contributed by atoms with E-state index in [1.807, 2.05) is 18.7 Å². The van der Waals surface area contributed by atoms with Gasteiger partial charge in [0.1, 0.15) is 5.76 Å². The van der Waals surface area contributed by atoms with E-state index in [1.54, 1.807) is 0 Å². The SMILES string of the molecule is CCC(C)N1CC=C(OS(=O)(=O)C(F)(F)F)CC1. The standard InChI is InChI=1S/C10H16F3NO3S/c1-3-8(2)14-6-4-9(5-7-14)17-18(15,16)10(11,12)13/h4,8H,3,5-7H2,1-2H3. The van der Waals surface area contributed by atoms with E-state index in [9.17, 15) is 21.6 Å². The van der Waals surface area contributed by atoms with Crippen molar-refractivity contribution in [1.82, 2.24) is 4.90 Å². The first-order valence-corrected chi connectivity index (χ1v) is 7.02. The molecule has 0 bridgehead atoms. The molecule has 0 N–H and O–H groups in total. The van der Waals surface area contributed by atoms with Crippen molar-refractivity contribution >= 4 is 10.1 Å². The van der Waals surface area contributed by atoms with Crippen LogP contribution in [0.1, 0.15) is 26.7 Å². The highest BCUT2D eigenvalue weighted by atomic mass is 32.2.